The highest BCUT2D eigenvalue weighted by Gasteiger charge is 2.19. The van der Waals surface area contributed by atoms with Crippen LogP contribution in [0, 0.1) is 0 Å². The topological polar surface area (TPSA) is 75.3 Å². The van der Waals surface area contributed by atoms with Gasteiger partial charge in [0.2, 0.25) is 10.0 Å². The van der Waals surface area contributed by atoms with E-state index in [1.807, 2.05) is 19.9 Å². The lowest BCUT2D eigenvalue weighted by Gasteiger charge is -2.16. The van der Waals surface area contributed by atoms with Crippen molar-refractivity contribution in [1.29, 1.82) is 0 Å². The van der Waals surface area contributed by atoms with Crippen LogP contribution >= 0.6 is 0 Å². The van der Waals surface area contributed by atoms with Crippen molar-refractivity contribution >= 4 is 20.8 Å². The van der Waals surface area contributed by atoms with Crippen LogP contribution in [0.2, 0.25) is 0 Å². The Kier molecular flexibility index (Phi) is 6.99. The number of nitrogens with one attached hydrogen (secondary N) is 2. The maximum absolute atomic E-state index is 12.3. The Bertz CT molecular complexity index is 588. The monoisotopic (exact) mass is 332 g/mol. The molecular weight excluding hydrogens is 308 g/mol. The Labute approximate surface area is 130 Å². The van der Waals surface area contributed by atoms with E-state index in [1.165, 1.54) is 0 Å². The number of hydrogen-bond acceptors (Lipinski definition) is 4. The smallest absolute Gasteiger partial charge is 0.240 e. The molecule has 0 heterocycles. The van der Waals surface area contributed by atoms with Crippen LogP contribution in [0.3, 0.4) is 0 Å². The SMILES string of the molecule is CCNC(C)c1cccc(S(=O)(=O)NC(C)CS(C)=O)c1. The molecule has 2 N–H and O–H groups in total. The molecule has 0 fully saturated rings. The highest BCUT2D eigenvalue weighted by molar-refractivity contribution is 7.89. The molecule has 0 spiro atoms. The van der Waals surface area contributed by atoms with Gasteiger partial charge in [0.05, 0.1) is 4.90 Å². The van der Waals surface area contributed by atoms with Gasteiger partial charge in [-0.1, -0.05) is 19.1 Å². The minimum absolute atomic E-state index is 0.0886. The van der Waals surface area contributed by atoms with Crippen LogP contribution in [0.4, 0.5) is 0 Å². The molecule has 0 aliphatic rings. The normalized spacial score (nSPS) is 16.4. The van der Waals surface area contributed by atoms with Gasteiger partial charge in [0.25, 0.3) is 0 Å². The maximum Gasteiger partial charge on any atom is 0.240 e. The molecular formula is C14H24N2O3S2. The summed E-state index contributed by atoms with van der Waals surface area (Å²) in [5, 5.41) is 3.25. The molecule has 1 aromatic carbocycles. The molecule has 0 aliphatic carbocycles. The first-order valence-corrected chi connectivity index (χ1v) is 10.1. The fraction of sp³-hybridized carbons (Fsp3) is 0.571. The van der Waals surface area contributed by atoms with Crippen molar-refractivity contribution in [3.63, 3.8) is 0 Å². The van der Waals surface area contributed by atoms with Crippen LogP contribution in [-0.4, -0.2) is 37.2 Å². The lowest BCUT2D eigenvalue weighted by molar-refractivity contribution is 0.568. The van der Waals surface area contributed by atoms with Gasteiger partial charge in [0.15, 0.2) is 0 Å². The number of rotatable bonds is 8. The lowest BCUT2D eigenvalue weighted by Crippen LogP contribution is -2.36. The zero-order valence-corrected chi connectivity index (χ0v) is 14.6. The Morgan fingerprint density at radius 3 is 2.52 bits per heavy atom. The summed E-state index contributed by atoms with van der Waals surface area (Å²) >= 11 is 0. The maximum atomic E-state index is 12.3. The van der Waals surface area contributed by atoms with E-state index >= 15 is 0 Å². The molecule has 3 unspecified atom stereocenters. The van der Waals surface area contributed by atoms with Gasteiger partial charge in [-0.25, -0.2) is 13.1 Å². The summed E-state index contributed by atoms with van der Waals surface area (Å²) < 4.78 is 38.4. The largest absolute Gasteiger partial charge is 0.310 e. The third kappa shape index (κ3) is 5.86. The summed E-state index contributed by atoms with van der Waals surface area (Å²) in [7, 11) is -4.63. The molecule has 0 amide bonds. The van der Waals surface area contributed by atoms with Gasteiger partial charge in [0, 0.05) is 34.9 Å². The van der Waals surface area contributed by atoms with Crippen molar-refractivity contribution in [1.82, 2.24) is 10.0 Å². The summed E-state index contributed by atoms with van der Waals surface area (Å²) in [5.41, 5.74) is 0.923. The minimum Gasteiger partial charge on any atom is -0.310 e. The molecule has 21 heavy (non-hydrogen) atoms. The predicted octanol–water partition coefficient (Wildman–Crippen LogP) is 1.40. The van der Waals surface area contributed by atoms with Crippen LogP contribution in [-0.2, 0) is 20.8 Å². The number of hydrogen-bond donors (Lipinski definition) is 2. The zero-order valence-electron chi connectivity index (χ0n) is 12.9. The quantitative estimate of drug-likeness (QED) is 0.754. The zero-order chi connectivity index (χ0) is 16.0. The minimum atomic E-state index is -3.59. The Morgan fingerprint density at radius 2 is 1.95 bits per heavy atom. The molecule has 0 radical (unpaired) electrons. The van der Waals surface area contributed by atoms with Crippen molar-refractivity contribution < 1.29 is 12.6 Å². The first-order chi connectivity index (χ1) is 9.76. The lowest BCUT2D eigenvalue weighted by atomic mass is 10.1. The van der Waals surface area contributed by atoms with Gasteiger partial charge in [-0.05, 0) is 38.1 Å². The van der Waals surface area contributed by atoms with Crippen LogP contribution in [0.5, 0.6) is 0 Å². The van der Waals surface area contributed by atoms with E-state index in [4.69, 9.17) is 0 Å². The highest BCUT2D eigenvalue weighted by Crippen LogP contribution is 2.17. The Balaban J connectivity index is 2.93. The molecule has 120 valence electrons. The standard InChI is InChI=1S/C14H24N2O3S2/c1-5-15-12(3)13-7-6-8-14(9-13)21(18,19)16-11(2)10-20(4)17/h6-9,11-12,15-16H,5,10H2,1-4H3. The summed E-state index contributed by atoms with van der Waals surface area (Å²) in [6.45, 7) is 6.52. The fourth-order valence-corrected chi connectivity index (χ4v) is 4.29. The molecule has 7 heteroatoms. The van der Waals surface area contributed by atoms with Crippen LogP contribution in [0.25, 0.3) is 0 Å². The average molecular weight is 332 g/mol. The van der Waals surface area contributed by atoms with E-state index < -0.39 is 20.8 Å². The average Bonchev–Trinajstić information content (AvgIpc) is 2.37. The van der Waals surface area contributed by atoms with Gasteiger partial charge in [-0.2, -0.15) is 0 Å². The van der Waals surface area contributed by atoms with E-state index in [-0.39, 0.29) is 17.0 Å². The van der Waals surface area contributed by atoms with Crippen LogP contribution in [0.15, 0.2) is 29.2 Å². The van der Waals surface area contributed by atoms with Gasteiger partial charge in [-0.15, -0.1) is 0 Å². The third-order valence-electron chi connectivity index (χ3n) is 3.02. The Morgan fingerprint density at radius 1 is 1.29 bits per heavy atom. The first-order valence-electron chi connectivity index (χ1n) is 6.92. The summed E-state index contributed by atoms with van der Waals surface area (Å²) in [6, 6.07) is 6.60. The third-order valence-corrected chi connectivity index (χ3v) is 5.58. The van der Waals surface area contributed by atoms with Crippen molar-refractivity contribution in [3.8, 4) is 0 Å². The van der Waals surface area contributed by atoms with Gasteiger partial charge >= 0.3 is 0 Å². The fourth-order valence-electron chi connectivity index (χ4n) is 2.09. The van der Waals surface area contributed by atoms with E-state index in [2.05, 4.69) is 10.0 Å². The first kappa shape index (κ1) is 18.3. The van der Waals surface area contributed by atoms with Crippen molar-refractivity contribution in [2.75, 3.05) is 18.6 Å². The highest BCUT2D eigenvalue weighted by atomic mass is 32.2. The molecule has 0 saturated carbocycles. The molecule has 0 bridgehead atoms. The number of benzene rings is 1. The van der Waals surface area contributed by atoms with Crippen LogP contribution in [0.1, 0.15) is 32.4 Å². The second-order valence-corrected chi connectivity index (χ2v) is 8.31. The van der Waals surface area contributed by atoms with Crippen molar-refractivity contribution in [2.24, 2.45) is 0 Å². The molecule has 1 aromatic rings. The van der Waals surface area contributed by atoms with Gasteiger partial charge in [-0.3, -0.25) is 4.21 Å². The predicted molar refractivity (Wildman–Crippen MR) is 87.3 cm³/mol. The van der Waals surface area contributed by atoms with Gasteiger partial charge in [0.1, 0.15) is 0 Å². The summed E-state index contributed by atoms with van der Waals surface area (Å²) in [5.74, 6) is 0.298. The number of sulfonamides is 1. The van der Waals surface area contributed by atoms with E-state index in [1.54, 1.807) is 31.4 Å². The van der Waals surface area contributed by atoms with Crippen molar-refractivity contribution in [2.45, 2.75) is 37.8 Å². The van der Waals surface area contributed by atoms with E-state index in [0.717, 1.165) is 12.1 Å². The molecule has 0 aromatic heterocycles. The molecule has 5 nitrogen and oxygen atoms in total. The summed E-state index contributed by atoms with van der Waals surface area (Å²) in [4.78, 5) is 0.235. The van der Waals surface area contributed by atoms with E-state index in [9.17, 15) is 12.6 Å². The molecule has 3 atom stereocenters. The molecule has 1 rings (SSSR count). The van der Waals surface area contributed by atoms with Gasteiger partial charge < -0.3 is 5.32 Å². The summed E-state index contributed by atoms with van der Waals surface area (Å²) in [6.07, 6.45) is 1.56. The molecule has 0 saturated heterocycles. The van der Waals surface area contributed by atoms with E-state index in [0.29, 0.717) is 5.75 Å². The Hall–Kier alpha value is -0.760. The second kappa shape index (κ2) is 8.03. The second-order valence-electron chi connectivity index (χ2n) is 5.11. The van der Waals surface area contributed by atoms with Crippen LogP contribution < -0.4 is 10.0 Å². The van der Waals surface area contributed by atoms with Crippen molar-refractivity contribution in [3.05, 3.63) is 29.8 Å². The molecule has 0 aliphatic heterocycles.